The molecule has 0 saturated carbocycles. The second-order valence-electron chi connectivity index (χ2n) is 6.56. The Kier molecular flexibility index (Phi) is 5.61. The molecule has 0 aliphatic heterocycles. The maximum Gasteiger partial charge on any atom is 0.224 e. The number of nitrogens with zero attached hydrogens (tertiary/aromatic N) is 3. The van der Waals surface area contributed by atoms with Crippen LogP contribution in [-0.4, -0.2) is 33.0 Å². The highest BCUT2D eigenvalue weighted by atomic mass is 16.2. The van der Waals surface area contributed by atoms with E-state index in [1.165, 1.54) is 0 Å². The number of carbonyl (C=O) groups is 2. The minimum Gasteiger partial charge on any atom is -0.356 e. The van der Waals surface area contributed by atoms with Crippen molar-refractivity contribution in [3.8, 4) is 0 Å². The average molecular weight is 352 g/mol. The van der Waals surface area contributed by atoms with Crippen LogP contribution >= 0.6 is 0 Å². The number of allylic oxidation sites excluding steroid dienone is 1. The summed E-state index contributed by atoms with van der Waals surface area (Å²) in [6.07, 6.45) is 2.15. The van der Waals surface area contributed by atoms with E-state index >= 15 is 0 Å². The fourth-order valence-corrected chi connectivity index (χ4v) is 3.32. The van der Waals surface area contributed by atoms with Crippen LogP contribution in [0.3, 0.4) is 0 Å². The molecule has 1 aliphatic rings. The molecule has 0 radical (unpaired) electrons. The van der Waals surface area contributed by atoms with Gasteiger partial charge in [-0.25, -0.2) is 4.98 Å². The number of aryl methyl sites for hydroxylation is 3. The number of amides is 1. The number of benzene rings is 1. The molecule has 0 unspecified atom stereocenters. The quantitative estimate of drug-likeness (QED) is 0.777. The Balaban J connectivity index is 1.53. The Morgan fingerprint density at radius 2 is 1.96 bits per heavy atom. The molecule has 0 spiro atoms. The molecule has 1 aliphatic carbocycles. The molecule has 0 bridgehead atoms. The Hall–Kier alpha value is -2.76. The van der Waals surface area contributed by atoms with Crippen LogP contribution in [0.25, 0.3) is 5.57 Å². The van der Waals surface area contributed by atoms with Gasteiger partial charge in [0.1, 0.15) is 11.6 Å². The third-order valence-electron chi connectivity index (χ3n) is 4.59. The van der Waals surface area contributed by atoms with Crippen LogP contribution in [0, 0.1) is 13.8 Å². The van der Waals surface area contributed by atoms with Gasteiger partial charge in [-0.2, -0.15) is 5.10 Å². The molecule has 0 atom stereocenters. The molecule has 136 valence electrons. The molecule has 3 rings (SSSR count). The summed E-state index contributed by atoms with van der Waals surface area (Å²) in [6.45, 7) is 5.05. The third-order valence-corrected chi connectivity index (χ3v) is 4.59. The van der Waals surface area contributed by atoms with E-state index in [0.29, 0.717) is 25.1 Å². The zero-order chi connectivity index (χ0) is 18.5. The van der Waals surface area contributed by atoms with Crippen molar-refractivity contribution >= 4 is 17.3 Å². The van der Waals surface area contributed by atoms with E-state index in [2.05, 4.69) is 15.4 Å². The summed E-state index contributed by atoms with van der Waals surface area (Å²) in [5.74, 6) is 1.62. The van der Waals surface area contributed by atoms with Gasteiger partial charge in [0.2, 0.25) is 5.91 Å². The highest BCUT2D eigenvalue weighted by Gasteiger charge is 2.25. The fraction of sp³-hybridized carbons (Fsp3) is 0.400. The molecule has 1 heterocycles. The molecule has 6 nitrogen and oxygen atoms in total. The summed E-state index contributed by atoms with van der Waals surface area (Å²) in [5.41, 5.74) is 2.72. The van der Waals surface area contributed by atoms with Gasteiger partial charge in [-0.15, -0.1) is 0 Å². The topological polar surface area (TPSA) is 76.9 Å². The molecule has 26 heavy (non-hydrogen) atoms. The molecule has 1 aromatic heterocycles. The van der Waals surface area contributed by atoms with E-state index in [0.717, 1.165) is 35.6 Å². The van der Waals surface area contributed by atoms with Crippen LogP contribution in [-0.2, 0) is 16.1 Å². The molecular formula is C20H24N4O2. The number of aromatic nitrogens is 3. The molecule has 0 fully saturated rings. The largest absolute Gasteiger partial charge is 0.356 e. The van der Waals surface area contributed by atoms with Gasteiger partial charge in [-0.3, -0.25) is 14.3 Å². The van der Waals surface area contributed by atoms with Crippen molar-refractivity contribution in [2.75, 3.05) is 6.54 Å². The lowest BCUT2D eigenvalue weighted by molar-refractivity contribution is -0.122. The molecule has 2 aromatic rings. The van der Waals surface area contributed by atoms with E-state index in [-0.39, 0.29) is 18.1 Å². The van der Waals surface area contributed by atoms with Gasteiger partial charge in [-0.1, -0.05) is 30.3 Å². The number of rotatable bonds is 7. The summed E-state index contributed by atoms with van der Waals surface area (Å²) in [6, 6.07) is 9.85. The highest BCUT2D eigenvalue weighted by Crippen LogP contribution is 2.33. The van der Waals surface area contributed by atoms with Crippen LogP contribution in [0.1, 0.15) is 42.9 Å². The minimum atomic E-state index is -0.102. The minimum absolute atomic E-state index is 0.0905. The number of carbonyl (C=O) groups excluding carboxylic acids is 2. The lowest BCUT2D eigenvalue weighted by Gasteiger charge is -2.09. The summed E-state index contributed by atoms with van der Waals surface area (Å²) in [5, 5.41) is 7.22. The molecule has 0 saturated heterocycles. The van der Waals surface area contributed by atoms with E-state index in [1.54, 1.807) is 0 Å². The summed E-state index contributed by atoms with van der Waals surface area (Å²) >= 11 is 0. The number of hydrogen-bond acceptors (Lipinski definition) is 4. The maximum absolute atomic E-state index is 12.3. The van der Waals surface area contributed by atoms with Gasteiger partial charge in [0.25, 0.3) is 0 Å². The second-order valence-corrected chi connectivity index (χ2v) is 6.56. The lowest BCUT2D eigenvalue weighted by atomic mass is 10.00. The van der Waals surface area contributed by atoms with E-state index in [1.807, 2.05) is 48.9 Å². The van der Waals surface area contributed by atoms with Crippen molar-refractivity contribution in [2.45, 2.75) is 46.1 Å². The van der Waals surface area contributed by atoms with Gasteiger partial charge < -0.3 is 5.32 Å². The predicted octanol–water partition coefficient (Wildman–Crippen LogP) is 2.61. The highest BCUT2D eigenvalue weighted by molar-refractivity contribution is 6.10. The van der Waals surface area contributed by atoms with Crippen molar-refractivity contribution < 1.29 is 9.59 Å². The first kappa shape index (κ1) is 18.0. The Labute approximate surface area is 153 Å². The molecular weight excluding hydrogens is 328 g/mol. The van der Waals surface area contributed by atoms with Crippen LogP contribution < -0.4 is 5.32 Å². The van der Waals surface area contributed by atoms with Gasteiger partial charge in [0, 0.05) is 25.1 Å². The van der Waals surface area contributed by atoms with Crippen molar-refractivity contribution in [1.29, 1.82) is 0 Å². The van der Waals surface area contributed by atoms with Crippen LogP contribution in [0.2, 0.25) is 0 Å². The van der Waals surface area contributed by atoms with Gasteiger partial charge in [0.05, 0.1) is 6.42 Å². The van der Waals surface area contributed by atoms with Gasteiger partial charge >= 0.3 is 0 Å². The summed E-state index contributed by atoms with van der Waals surface area (Å²) in [7, 11) is 0. The summed E-state index contributed by atoms with van der Waals surface area (Å²) in [4.78, 5) is 28.7. The second kappa shape index (κ2) is 8.08. The molecule has 1 N–H and O–H groups in total. The monoisotopic (exact) mass is 352 g/mol. The van der Waals surface area contributed by atoms with Crippen molar-refractivity contribution in [1.82, 2.24) is 20.1 Å². The smallest absolute Gasteiger partial charge is 0.224 e. The van der Waals surface area contributed by atoms with Crippen LogP contribution in [0.4, 0.5) is 0 Å². The van der Waals surface area contributed by atoms with Gasteiger partial charge in [-0.05, 0) is 37.8 Å². The maximum atomic E-state index is 12.3. The Morgan fingerprint density at radius 1 is 1.19 bits per heavy atom. The standard InChI is InChI=1S/C20H24N4O2/c1-14-22-15(2)24(23-14)12-6-11-21-20(26)13-18-17(9-10-19(18)25)16-7-4-3-5-8-16/h3-5,7-8H,6,9-13H2,1-2H3,(H,21,26). The number of hydrogen-bond donors (Lipinski definition) is 1. The first-order valence-electron chi connectivity index (χ1n) is 9.00. The van der Waals surface area contributed by atoms with Crippen molar-refractivity contribution in [3.63, 3.8) is 0 Å². The molecule has 1 amide bonds. The van der Waals surface area contributed by atoms with Crippen LogP contribution in [0.15, 0.2) is 35.9 Å². The first-order chi connectivity index (χ1) is 12.5. The van der Waals surface area contributed by atoms with Crippen LogP contribution in [0.5, 0.6) is 0 Å². The number of nitrogens with one attached hydrogen (secondary N) is 1. The first-order valence-corrected chi connectivity index (χ1v) is 9.00. The third kappa shape index (κ3) is 4.25. The van der Waals surface area contributed by atoms with E-state index < -0.39 is 0 Å². The van der Waals surface area contributed by atoms with Crippen molar-refractivity contribution in [2.24, 2.45) is 0 Å². The number of Topliss-reactive ketones (excluding diaryl/α,β-unsaturated/α-hetero) is 1. The Bertz CT molecular complexity index is 837. The summed E-state index contributed by atoms with van der Waals surface area (Å²) < 4.78 is 1.85. The lowest BCUT2D eigenvalue weighted by Crippen LogP contribution is -2.26. The average Bonchev–Trinajstić information content (AvgIpc) is 3.14. The zero-order valence-corrected chi connectivity index (χ0v) is 15.3. The fourth-order valence-electron chi connectivity index (χ4n) is 3.32. The normalized spacial score (nSPS) is 14.2. The molecule has 1 aromatic carbocycles. The van der Waals surface area contributed by atoms with E-state index in [4.69, 9.17) is 0 Å². The SMILES string of the molecule is Cc1nc(C)n(CCCNC(=O)CC2=C(c3ccccc3)CCC2=O)n1. The van der Waals surface area contributed by atoms with Crippen molar-refractivity contribution in [3.05, 3.63) is 53.1 Å². The Morgan fingerprint density at radius 3 is 2.65 bits per heavy atom. The van der Waals surface area contributed by atoms with Gasteiger partial charge in [0.15, 0.2) is 5.78 Å². The van der Waals surface area contributed by atoms with E-state index in [9.17, 15) is 9.59 Å². The predicted molar refractivity (Wildman–Crippen MR) is 99.3 cm³/mol. The molecule has 6 heteroatoms. The number of ketones is 1. The zero-order valence-electron chi connectivity index (χ0n) is 15.3.